The molecule has 0 radical (unpaired) electrons. The Morgan fingerprint density at radius 2 is 1.70 bits per heavy atom. The van der Waals surface area contributed by atoms with Gasteiger partial charge in [0.05, 0.1) is 7.11 Å². The minimum Gasteiger partial charge on any atom is -0.497 e. The van der Waals surface area contributed by atoms with Gasteiger partial charge >= 0.3 is 0 Å². The van der Waals surface area contributed by atoms with Crippen LogP contribution < -0.4 is 14.8 Å². The maximum atomic E-state index is 13.1. The predicted octanol–water partition coefficient (Wildman–Crippen LogP) is 5.42. The standard InChI is InChI=1S/C22H18FNO3/c1-3-22(25)24-20-13-12-17(26-2)14-19(20)18-6-4-5-7-21(18)27-16-10-8-15(23)9-11-16/h3-14H,1H2,2H3,(H,24,25). The number of methoxy groups -OCH3 is 1. The van der Waals surface area contributed by atoms with Gasteiger partial charge < -0.3 is 14.8 Å². The zero-order valence-corrected chi connectivity index (χ0v) is 14.7. The second kappa shape index (κ2) is 8.19. The van der Waals surface area contributed by atoms with Gasteiger partial charge in [-0.2, -0.15) is 0 Å². The van der Waals surface area contributed by atoms with Crippen LogP contribution in [0.4, 0.5) is 10.1 Å². The van der Waals surface area contributed by atoms with Crippen LogP contribution in [-0.4, -0.2) is 13.0 Å². The molecule has 0 atom stereocenters. The molecule has 5 heteroatoms. The van der Waals surface area contributed by atoms with Gasteiger partial charge in [0.15, 0.2) is 0 Å². The van der Waals surface area contributed by atoms with Crippen molar-refractivity contribution in [1.82, 2.24) is 0 Å². The molecule has 0 fully saturated rings. The van der Waals surface area contributed by atoms with Crippen LogP contribution in [0.1, 0.15) is 0 Å². The van der Waals surface area contributed by atoms with Crippen molar-refractivity contribution in [1.29, 1.82) is 0 Å². The Hall–Kier alpha value is -3.60. The maximum Gasteiger partial charge on any atom is 0.247 e. The van der Waals surface area contributed by atoms with Gasteiger partial charge in [-0.05, 0) is 54.6 Å². The number of carbonyl (C=O) groups is 1. The molecule has 136 valence electrons. The normalized spacial score (nSPS) is 10.1. The maximum absolute atomic E-state index is 13.1. The van der Waals surface area contributed by atoms with Crippen LogP contribution in [0.3, 0.4) is 0 Å². The number of benzene rings is 3. The lowest BCUT2D eigenvalue weighted by Gasteiger charge is -2.16. The van der Waals surface area contributed by atoms with Crippen LogP contribution in [-0.2, 0) is 4.79 Å². The highest BCUT2D eigenvalue weighted by atomic mass is 19.1. The largest absolute Gasteiger partial charge is 0.497 e. The number of anilines is 1. The molecule has 0 spiro atoms. The van der Waals surface area contributed by atoms with Crippen molar-refractivity contribution in [2.45, 2.75) is 0 Å². The number of amides is 1. The van der Waals surface area contributed by atoms with Crippen LogP contribution in [0, 0.1) is 5.82 Å². The van der Waals surface area contributed by atoms with E-state index in [1.54, 1.807) is 37.4 Å². The van der Waals surface area contributed by atoms with Crippen LogP contribution in [0.15, 0.2) is 79.4 Å². The zero-order chi connectivity index (χ0) is 19.2. The number of carbonyl (C=O) groups excluding carboxylic acids is 1. The number of ether oxygens (including phenoxy) is 2. The first kappa shape index (κ1) is 18.2. The van der Waals surface area contributed by atoms with E-state index in [1.165, 1.54) is 18.2 Å². The molecule has 4 nitrogen and oxygen atoms in total. The smallest absolute Gasteiger partial charge is 0.247 e. The van der Waals surface area contributed by atoms with E-state index in [9.17, 15) is 9.18 Å². The Morgan fingerprint density at radius 3 is 2.41 bits per heavy atom. The molecule has 0 aliphatic rings. The Kier molecular flexibility index (Phi) is 5.52. The third-order valence-corrected chi connectivity index (χ3v) is 3.89. The second-order valence-electron chi connectivity index (χ2n) is 5.66. The molecule has 0 saturated heterocycles. The lowest BCUT2D eigenvalue weighted by molar-refractivity contribution is -0.111. The summed E-state index contributed by atoms with van der Waals surface area (Å²) in [5.74, 6) is 1.05. The second-order valence-corrected chi connectivity index (χ2v) is 5.66. The van der Waals surface area contributed by atoms with E-state index >= 15 is 0 Å². The quantitative estimate of drug-likeness (QED) is 0.595. The third kappa shape index (κ3) is 4.33. The molecule has 0 aliphatic carbocycles. The van der Waals surface area contributed by atoms with Crippen LogP contribution >= 0.6 is 0 Å². The molecule has 0 unspecified atom stereocenters. The molecule has 3 aromatic rings. The van der Waals surface area contributed by atoms with E-state index in [2.05, 4.69) is 11.9 Å². The fourth-order valence-corrected chi connectivity index (χ4v) is 2.57. The van der Waals surface area contributed by atoms with Gasteiger partial charge in [0.2, 0.25) is 5.91 Å². The Balaban J connectivity index is 2.06. The van der Waals surface area contributed by atoms with E-state index in [1.807, 2.05) is 24.3 Å². The summed E-state index contributed by atoms with van der Waals surface area (Å²) in [4.78, 5) is 11.8. The van der Waals surface area contributed by atoms with Gasteiger partial charge in [0.25, 0.3) is 0 Å². The van der Waals surface area contributed by atoms with E-state index < -0.39 is 0 Å². The molecule has 0 saturated carbocycles. The van der Waals surface area contributed by atoms with Crippen molar-refractivity contribution in [3.63, 3.8) is 0 Å². The van der Waals surface area contributed by atoms with Crippen molar-refractivity contribution in [2.24, 2.45) is 0 Å². The highest BCUT2D eigenvalue weighted by Gasteiger charge is 2.14. The predicted molar refractivity (Wildman–Crippen MR) is 104 cm³/mol. The van der Waals surface area contributed by atoms with E-state index in [-0.39, 0.29) is 11.7 Å². The van der Waals surface area contributed by atoms with Crippen molar-refractivity contribution in [2.75, 3.05) is 12.4 Å². The lowest BCUT2D eigenvalue weighted by atomic mass is 10.0. The Bertz CT molecular complexity index is 968. The summed E-state index contributed by atoms with van der Waals surface area (Å²) in [6, 6.07) is 18.5. The highest BCUT2D eigenvalue weighted by molar-refractivity contribution is 6.02. The summed E-state index contributed by atoms with van der Waals surface area (Å²) >= 11 is 0. The first-order chi connectivity index (χ1) is 13.1. The monoisotopic (exact) mass is 363 g/mol. The average molecular weight is 363 g/mol. The molecule has 27 heavy (non-hydrogen) atoms. The van der Waals surface area contributed by atoms with Crippen molar-refractivity contribution >= 4 is 11.6 Å². The van der Waals surface area contributed by atoms with Crippen molar-refractivity contribution in [3.05, 3.63) is 85.2 Å². The minimum atomic E-state index is -0.335. The number of nitrogens with one attached hydrogen (secondary N) is 1. The van der Waals surface area contributed by atoms with E-state index in [0.29, 0.717) is 22.9 Å². The minimum absolute atomic E-state index is 0.321. The molecule has 0 aromatic heterocycles. The molecule has 3 rings (SSSR count). The SMILES string of the molecule is C=CC(=O)Nc1ccc(OC)cc1-c1ccccc1Oc1ccc(F)cc1. The van der Waals surface area contributed by atoms with E-state index in [0.717, 1.165) is 11.1 Å². The summed E-state index contributed by atoms with van der Waals surface area (Å²) in [5, 5.41) is 2.79. The summed E-state index contributed by atoms with van der Waals surface area (Å²) in [5.41, 5.74) is 2.07. The lowest BCUT2D eigenvalue weighted by Crippen LogP contribution is -2.08. The molecule has 0 bridgehead atoms. The van der Waals surface area contributed by atoms with Crippen molar-refractivity contribution < 1.29 is 18.7 Å². The van der Waals surface area contributed by atoms with Gasteiger partial charge in [0, 0.05) is 16.8 Å². The fraction of sp³-hybridized carbons (Fsp3) is 0.0455. The number of hydrogen-bond acceptors (Lipinski definition) is 3. The van der Waals surface area contributed by atoms with Crippen molar-refractivity contribution in [3.8, 4) is 28.4 Å². The first-order valence-corrected chi connectivity index (χ1v) is 8.25. The third-order valence-electron chi connectivity index (χ3n) is 3.89. The molecule has 0 aliphatic heterocycles. The zero-order valence-electron chi connectivity index (χ0n) is 14.7. The van der Waals surface area contributed by atoms with E-state index in [4.69, 9.17) is 9.47 Å². The number of para-hydroxylation sites is 1. The summed E-state index contributed by atoms with van der Waals surface area (Å²) < 4.78 is 24.4. The summed E-state index contributed by atoms with van der Waals surface area (Å²) in [6.45, 7) is 3.48. The van der Waals surface area contributed by atoms with Gasteiger partial charge in [-0.25, -0.2) is 4.39 Å². The Labute approximate surface area is 156 Å². The van der Waals surface area contributed by atoms with Gasteiger partial charge in [-0.3, -0.25) is 4.79 Å². The van der Waals surface area contributed by atoms with Crippen LogP contribution in [0.2, 0.25) is 0 Å². The summed E-state index contributed by atoms with van der Waals surface area (Å²) in [6.07, 6.45) is 1.20. The molecule has 0 heterocycles. The number of rotatable bonds is 6. The van der Waals surface area contributed by atoms with Crippen LogP contribution in [0.5, 0.6) is 17.2 Å². The number of halogens is 1. The van der Waals surface area contributed by atoms with Gasteiger partial charge in [-0.1, -0.05) is 24.8 Å². The topological polar surface area (TPSA) is 47.6 Å². The highest BCUT2D eigenvalue weighted by Crippen LogP contribution is 2.39. The fourth-order valence-electron chi connectivity index (χ4n) is 2.57. The molecular weight excluding hydrogens is 345 g/mol. The molecular formula is C22H18FNO3. The molecule has 1 amide bonds. The molecule has 3 aromatic carbocycles. The van der Waals surface area contributed by atoms with Gasteiger partial charge in [-0.15, -0.1) is 0 Å². The number of hydrogen-bond donors (Lipinski definition) is 1. The van der Waals surface area contributed by atoms with Gasteiger partial charge in [0.1, 0.15) is 23.1 Å². The van der Waals surface area contributed by atoms with Crippen LogP contribution in [0.25, 0.3) is 11.1 Å². The Morgan fingerprint density at radius 1 is 1.00 bits per heavy atom. The molecule has 1 N–H and O–H groups in total. The summed E-state index contributed by atoms with van der Waals surface area (Å²) in [7, 11) is 1.57. The average Bonchev–Trinajstić information content (AvgIpc) is 2.70. The first-order valence-electron chi connectivity index (χ1n) is 8.25.